The van der Waals surface area contributed by atoms with E-state index in [1.165, 1.54) is 12.2 Å². The molecule has 1 aliphatic rings. The normalized spacial score (nSPS) is 21.2. The van der Waals surface area contributed by atoms with Crippen LogP contribution in [0.25, 0.3) is 0 Å². The highest BCUT2D eigenvalue weighted by Gasteiger charge is 2.24. The van der Waals surface area contributed by atoms with Gasteiger partial charge in [0.1, 0.15) is 5.82 Å². The van der Waals surface area contributed by atoms with E-state index in [-0.39, 0.29) is 0 Å². The lowest BCUT2D eigenvalue weighted by atomic mass is 10.2. The standard InChI is InChI=1S/C16H27N3S/c1-13(12-20-16(2,3)4)18-14-8-10-19(11-14)15-7-5-6-9-17-15/h5-7,9,13-14,18H,8,10-12H2,1-4H3. The zero-order valence-electron chi connectivity index (χ0n) is 13.1. The smallest absolute Gasteiger partial charge is 0.128 e. The van der Waals surface area contributed by atoms with Crippen LogP contribution in [0.1, 0.15) is 34.1 Å². The predicted molar refractivity (Wildman–Crippen MR) is 89.7 cm³/mol. The summed E-state index contributed by atoms with van der Waals surface area (Å²) in [7, 11) is 0. The Bertz CT molecular complexity index is 402. The molecule has 1 fully saturated rings. The van der Waals surface area contributed by atoms with E-state index >= 15 is 0 Å². The molecule has 1 N–H and O–H groups in total. The van der Waals surface area contributed by atoms with E-state index in [4.69, 9.17) is 0 Å². The molecule has 0 aliphatic carbocycles. The molecule has 1 aromatic heterocycles. The molecular weight excluding hydrogens is 266 g/mol. The number of nitrogens with zero attached hydrogens (tertiary/aromatic N) is 2. The van der Waals surface area contributed by atoms with Gasteiger partial charge in [-0.2, -0.15) is 11.8 Å². The van der Waals surface area contributed by atoms with Gasteiger partial charge in [-0.15, -0.1) is 0 Å². The van der Waals surface area contributed by atoms with Crippen molar-refractivity contribution in [3.63, 3.8) is 0 Å². The summed E-state index contributed by atoms with van der Waals surface area (Å²) in [6.07, 6.45) is 3.08. The molecule has 0 spiro atoms. The molecule has 20 heavy (non-hydrogen) atoms. The lowest BCUT2D eigenvalue weighted by Crippen LogP contribution is -2.40. The molecule has 0 bridgehead atoms. The topological polar surface area (TPSA) is 28.2 Å². The fourth-order valence-corrected chi connectivity index (χ4v) is 3.32. The van der Waals surface area contributed by atoms with E-state index in [0.29, 0.717) is 16.8 Å². The number of hydrogen-bond acceptors (Lipinski definition) is 4. The molecule has 2 heterocycles. The highest BCUT2D eigenvalue weighted by Crippen LogP contribution is 2.24. The van der Waals surface area contributed by atoms with Crippen LogP contribution in [0.5, 0.6) is 0 Å². The average molecular weight is 293 g/mol. The van der Waals surface area contributed by atoms with E-state index < -0.39 is 0 Å². The van der Waals surface area contributed by atoms with Crippen molar-refractivity contribution in [2.75, 3.05) is 23.7 Å². The zero-order valence-corrected chi connectivity index (χ0v) is 13.9. The Morgan fingerprint density at radius 2 is 2.25 bits per heavy atom. The minimum atomic E-state index is 0.353. The second-order valence-electron chi connectivity index (χ2n) is 6.61. The maximum Gasteiger partial charge on any atom is 0.128 e. The van der Waals surface area contributed by atoms with Gasteiger partial charge in [0.05, 0.1) is 0 Å². The van der Waals surface area contributed by atoms with Crippen LogP contribution in [0.4, 0.5) is 5.82 Å². The summed E-state index contributed by atoms with van der Waals surface area (Å²) in [4.78, 5) is 6.81. The number of nitrogens with one attached hydrogen (secondary N) is 1. The third kappa shape index (κ3) is 4.98. The van der Waals surface area contributed by atoms with E-state index in [1.807, 2.05) is 24.0 Å². The van der Waals surface area contributed by atoms with Gasteiger partial charge in [-0.3, -0.25) is 0 Å². The molecule has 0 saturated carbocycles. The fraction of sp³-hybridized carbons (Fsp3) is 0.688. The highest BCUT2D eigenvalue weighted by molar-refractivity contribution is 8.00. The van der Waals surface area contributed by atoms with Gasteiger partial charge < -0.3 is 10.2 Å². The van der Waals surface area contributed by atoms with Gasteiger partial charge in [-0.1, -0.05) is 26.8 Å². The average Bonchev–Trinajstić information content (AvgIpc) is 2.85. The first-order valence-electron chi connectivity index (χ1n) is 7.50. The van der Waals surface area contributed by atoms with Crippen molar-refractivity contribution in [3.05, 3.63) is 24.4 Å². The van der Waals surface area contributed by atoms with E-state index in [1.54, 1.807) is 0 Å². The highest BCUT2D eigenvalue weighted by atomic mass is 32.2. The Balaban J connectivity index is 1.76. The SMILES string of the molecule is CC(CSC(C)(C)C)NC1CCN(c2ccccn2)C1. The Hall–Kier alpha value is -0.740. The molecule has 3 nitrogen and oxygen atoms in total. The van der Waals surface area contributed by atoms with Crippen LogP contribution in [0.3, 0.4) is 0 Å². The number of hydrogen-bond donors (Lipinski definition) is 1. The molecule has 0 aromatic carbocycles. The van der Waals surface area contributed by atoms with Gasteiger partial charge in [0.15, 0.2) is 0 Å². The molecule has 0 radical (unpaired) electrons. The summed E-state index contributed by atoms with van der Waals surface area (Å²) in [6, 6.07) is 7.29. The fourth-order valence-electron chi connectivity index (χ4n) is 2.47. The van der Waals surface area contributed by atoms with E-state index in [0.717, 1.165) is 18.9 Å². The van der Waals surface area contributed by atoms with E-state index in [2.05, 4.69) is 55.0 Å². The summed E-state index contributed by atoms with van der Waals surface area (Å²) in [5.74, 6) is 2.28. The maximum absolute atomic E-state index is 4.44. The van der Waals surface area contributed by atoms with Crippen molar-refractivity contribution in [1.82, 2.24) is 10.3 Å². The van der Waals surface area contributed by atoms with E-state index in [9.17, 15) is 0 Å². The third-order valence-corrected chi connectivity index (χ3v) is 4.98. The first-order chi connectivity index (χ1) is 9.44. The van der Waals surface area contributed by atoms with Gasteiger partial charge in [0.25, 0.3) is 0 Å². The van der Waals surface area contributed by atoms with Gasteiger partial charge >= 0.3 is 0 Å². The largest absolute Gasteiger partial charge is 0.355 e. The van der Waals surface area contributed by atoms with Crippen molar-refractivity contribution in [1.29, 1.82) is 0 Å². The molecule has 112 valence electrons. The van der Waals surface area contributed by atoms with Crippen LogP contribution in [0.15, 0.2) is 24.4 Å². The van der Waals surface area contributed by atoms with Crippen molar-refractivity contribution in [2.24, 2.45) is 0 Å². The van der Waals surface area contributed by atoms with Gasteiger partial charge in [0, 0.05) is 41.9 Å². The Morgan fingerprint density at radius 1 is 1.45 bits per heavy atom. The summed E-state index contributed by atoms with van der Waals surface area (Å²) < 4.78 is 0.353. The molecular formula is C16H27N3S. The van der Waals surface area contributed by atoms with Crippen LogP contribution < -0.4 is 10.2 Å². The zero-order chi connectivity index (χ0) is 14.6. The maximum atomic E-state index is 4.44. The van der Waals surface area contributed by atoms with Crippen LogP contribution in [-0.4, -0.2) is 40.7 Å². The molecule has 1 saturated heterocycles. The lowest BCUT2D eigenvalue weighted by molar-refractivity contribution is 0.495. The van der Waals surface area contributed by atoms with Crippen LogP contribution in [-0.2, 0) is 0 Å². The molecule has 2 rings (SSSR count). The van der Waals surface area contributed by atoms with Crippen molar-refractivity contribution in [3.8, 4) is 0 Å². The summed E-state index contributed by atoms with van der Waals surface area (Å²) >= 11 is 2.03. The predicted octanol–water partition coefficient (Wildman–Crippen LogP) is 3.17. The van der Waals surface area contributed by atoms with Gasteiger partial charge in [0.2, 0.25) is 0 Å². The second kappa shape index (κ2) is 6.81. The minimum absolute atomic E-state index is 0.353. The summed E-state index contributed by atoms with van der Waals surface area (Å²) in [5, 5.41) is 3.76. The van der Waals surface area contributed by atoms with Crippen LogP contribution in [0.2, 0.25) is 0 Å². The number of pyridine rings is 1. The molecule has 1 aliphatic heterocycles. The van der Waals surface area contributed by atoms with Crippen molar-refractivity contribution >= 4 is 17.6 Å². The van der Waals surface area contributed by atoms with Crippen LogP contribution >= 0.6 is 11.8 Å². The van der Waals surface area contributed by atoms with Gasteiger partial charge in [-0.25, -0.2) is 4.98 Å². The van der Waals surface area contributed by atoms with Gasteiger partial charge in [-0.05, 0) is 25.5 Å². The number of thioether (sulfide) groups is 1. The first-order valence-corrected chi connectivity index (χ1v) is 8.48. The molecule has 2 atom stereocenters. The quantitative estimate of drug-likeness (QED) is 0.902. The molecule has 1 aromatic rings. The lowest BCUT2D eigenvalue weighted by Gasteiger charge is -2.24. The minimum Gasteiger partial charge on any atom is -0.355 e. The Kier molecular flexibility index (Phi) is 5.33. The third-order valence-electron chi connectivity index (χ3n) is 3.45. The Labute approximate surface area is 127 Å². The molecule has 4 heteroatoms. The Morgan fingerprint density at radius 3 is 2.90 bits per heavy atom. The second-order valence-corrected chi connectivity index (χ2v) is 8.46. The monoisotopic (exact) mass is 293 g/mol. The van der Waals surface area contributed by atoms with Crippen molar-refractivity contribution < 1.29 is 0 Å². The number of anilines is 1. The summed E-state index contributed by atoms with van der Waals surface area (Å²) in [5.41, 5.74) is 0. The first kappa shape index (κ1) is 15.6. The number of aromatic nitrogens is 1. The van der Waals surface area contributed by atoms with Crippen molar-refractivity contribution in [2.45, 2.75) is 50.9 Å². The van der Waals surface area contributed by atoms with Crippen LogP contribution in [0, 0.1) is 0 Å². The molecule has 0 amide bonds. The molecule has 2 unspecified atom stereocenters. The summed E-state index contributed by atoms with van der Waals surface area (Å²) in [6.45, 7) is 11.3. The number of rotatable bonds is 5.